The van der Waals surface area contributed by atoms with E-state index in [0.29, 0.717) is 11.5 Å². The minimum Gasteiger partial charge on any atom is -0.313 e. The van der Waals surface area contributed by atoms with Crippen LogP contribution in [0.4, 0.5) is 0 Å². The van der Waals surface area contributed by atoms with Gasteiger partial charge in [0.05, 0.1) is 0 Å². The van der Waals surface area contributed by atoms with Crippen LogP contribution in [0.2, 0.25) is 0 Å². The summed E-state index contributed by atoms with van der Waals surface area (Å²) in [4.78, 5) is 0. The lowest BCUT2D eigenvalue weighted by molar-refractivity contribution is 0.249. The molecule has 0 amide bonds. The second-order valence-electron chi connectivity index (χ2n) is 6.08. The van der Waals surface area contributed by atoms with Gasteiger partial charge in [0, 0.05) is 6.04 Å². The Hall–Kier alpha value is -0.0400. The highest BCUT2D eigenvalue weighted by molar-refractivity contribution is 4.80. The van der Waals surface area contributed by atoms with Crippen LogP contribution in [0.25, 0.3) is 0 Å². The minimum absolute atomic E-state index is 0.403. The fourth-order valence-electron chi connectivity index (χ4n) is 2.11. The number of nitrogens with one attached hydrogen (secondary N) is 1. The van der Waals surface area contributed by atoms with Crippen LogP contribution in [-0.4, -0.2) is 12.6 Å². The third kappa shape index (κ3) is 8.15. The van der Waals surface area contributed by atoms with Crippen LogP contribution >= 0.6 is 0 Å². The lowest BCUT2D eigenvalue weighted by Gasteiger charge is -2.32. The average Bonchev–Trinajstić information content (AvgIpc) is 2.20. The van der Waals surface area contributed by atoms with E-state index < -0.39 is 0 Å². The van der Waals surface area contributed by atoms with Crippen molar-refractivity contribution in [2.24, 2.45) is 5.41 Å². The van der Waals surface area contributed by atoms with Gasteiger partial charge in [0.2, 0.25) is 0 Å². The summed E-state index contributed by atoms with van der Waals surface area (Å²) in [5.74, 6) is 0. The summed E-state index contributed by atoms with van der Waals surface area (Å²) >= 11 is 0. The summed E-state index contributed by atoms with van der Waals surface area (Å²) < 4.78 is 0. The molecule has 0 heterocycles. The Morgan fingerprint density at radius 3 is 2.00 bits per heavy atom. The minimum atomic E-state index is 0.403. The first-order valence-corrected chi connectivity index (χ1v) is 7.25. The van der Waals surface area contributed by atoms with Gasteiger partial charge < -0.3 is 5.32 Å². The summed E-state index contributed by atoms with van der Waals surface area (Å²) in [5.41, 5.74) is 0.403. The van der Waals surface area contributed by atoms with Crippen LogP contribution in [-0.2, 0) is 0 Å². The molecule has 1 heteroatoms. The van der Waals surface area contributed by atoms with E-state index in [1.54, 1.807) is 0 Å². The normalized spacial score (nSPS) is 14.1. The molecule has 1 unspecified atom stereocenters. The largest absolute Gasteiger partial charge is 0.313 e. The Balaban J connectivity index is 3.75. The van der Waals surface area contributed by atoms with Gasteiger partial charge in [0.25, 0.3) is 0 Å². The van der Waals surface area contributed by atoms with Crippen LogP contribution in [0.3, 0.4) is 0 Å². The third-order valence-corrected chi connectivity index (χ3v) is 3.28. The molecule has 1 N–H and O–H groups in total. The lowest BCUT2D eigenvalue weighted by atomic mass is 9.83. The molecule has 0 aromatic heterocycles. The molecule has 0 spiro atoms. The quantitative estimate of drug-likeness (QED) is 0.560. The van der Waals surface area contributed by atoms with Gasteiger partial charge in [-0.25, -0.2) is 0 Å². The Morgan fingerprint density at radius 1 is 0.875 bits per heavy atom. The maximum Gasteiger partial charge on any atom is 0.0116 e. The van der Waals surface area contributed by atoms with Crippen LogP contribution in [0.5, 0.6) is 0 Å². The van der Waals surface area contributed by atoms with Crippen molar-refractivity contribution in [1.29, 1.82) is 0 Å². The van der Waals surface area contributed by atoms with E-state index in [4.69, 9.17) is 0 Å². The maximum atomic E-state index is 3.70. The van der Waals surface area contributed by atoms with Crippen molar-refractivity contribution in [3.05, 3.63) is 0 Å². The predicted octanol–water partition coefficient (Wildman–Crippen LogP) is 4.76. The molecule has 0 saturated carbocycles. The monoisotopic (exact) mass is 227 g/mol. The molecule has 0 aromatic carbocycles. The Kier molecular flexibility index (Phi) is 9.02. The van der Waals surface area contributed by atoms with Crippen molar-refractivity contribution in [2.45, 2.75) is 85.6 Å². The molecule has 16 heavy (non-hydrogen) atoms. The van der Waals surface area contributed by atoms with Crippen LogP contribution in [0.1, 0.15) is 79.6 Å². The van der Waals surface area contributed by atoms with Crippen molar-refractivity contribution in [2.75, 3.05) is 6.54 Å². The van der Waals surface area contributed by atoms with Gasteiger partial charge in [-0.1, -0.05) is 66.7 Å². The summed E-state index contributed by atoms with van der Waals surface area (Å²) in [5, 5.41) is 3.70. The number of rotatable bonds is 9. The molecule has 1 nitrogen and oxygen atoms in total. The van der Waals surface area contributed by atoms with E-state index in [1.807, 2.05) is 0 Å². The molecule has 0 bridgehead atoms. The molecule has 0 fully saturated rings. The predicted molar refractivity (Wildman–Crippen MR) is 74.9 cm³/mol. The van der Waals surface area contributed by atoms with Crippen molar-refractivity contribution >= 4 is 0 Å². The molecule has 0 saturated heterocycles. The molecule has 0 aliphatic carbocycles. The zero-order valence-corrected chi connectivity index (χ0v) is 12.2. The molecule has 0 aliphatic heterocycles. The summed E-state index contributed by atoms with van der Waals surface area (Å²) in [7, 11) is 0. The summed E-state index contributed by atoms with van der Waals surface area (Å²) in [6.07, 6.45) is 9.54. The average molecular weight is 227 g/mol. The number of unbranched alkanes of at least 4 members (excludes halogenated alkanes) is 4. The van der Waals surface area contributed by atoms with Crippen molar-refractivity contribution < 1.29 is 0 Å². The molecule has 1 atom stereocenters. The first-order valence-electron chi connectivity index (χ1n) is 7.25. The van der Waals surface area contributed by atoms with Gasteiger partial charge in [0.15, 0.2) is 0 Å². The lowest BCUT2D eigenvalue weighted by Crippen LogP contribution is -2.40. The fraction of sp³-hybridized carbons (Fsp3) is 1.00. The van der Waals surface area contributed by atoms with Gasteiger partial charge >= 0.3 is 0 Å². The van der Waals surface area contributed by atoms with Crippen LogP contribution in [0.15, 0.2) is 0 Å². The van der Waals surface area contributed by atoms with Gasteiger partial charge in [-0.3, -0.25) is 0 Å². The first kappa shape index (κ1) is 16.0. The Labute approximate surface area is 103 Å². The van der Waals surface area contributed by atoms with Gasteiger partial charge in [-0.05, 0) is 24.8 Å². The van der Waals surface area contributed by atoms with E-state index in [-0.39, 0.29) is 0 Å². The zero-order chi connectivity index (χ0) is 12.4. The summed E-state index contributed by atoms with van der Waals surface area (Å²) in [6.45, 7) is 12.7. The highest BCUT2D eigenvalue weighted by Gasteiger charge is 2.22. The van der Waals surface area contributed by atoms with Gasteiger partial charge in [-0.15, -0.1) is 0 Å². The standard InChI is InChI=1S/C15H33N/c1-6-8-9-10-11-12-14(15(3,4)5)16-13-7-2/h14,16H,6-13H2,1-5H3. The maximum absolute atomic E-state index is 3.70. The Morgan fingerprint density at radius 2 is 1.50 bits per heavy atom. The summed E-state index contributed by atoms with van der Waals surface area (Å²) in [6, 6.07) is 0.689. The third-order valence-electron chi connectivity index (χ3n) is 3.28. The number of hydrogen-bond donors (Lipinski definition) is 1. The molecule has 0 radical (unpaired) electrons. The van der Waals surface area contributed by atoms with E-state index >= 15 is 0 Å². The van der Waals surface area contributed by atoms with Crippen molar-refractivity contribution in [1.82, 2.24) is 5.32 Å². The highest BCUT2D eigenvalue weighted by Crippen LogP contribution is 2.23. The van der Waals surface area contributed by atoms with Crippen LogP contribution in [0, 0.1) is 5.41 Å². The van der Waals surface area contributed by atoms with Crippen LogP contribution < -0.4 is 5.32 Å². The molecule has 98 valence electrons. The zero-order valence-electron chi connectivity index (χ0n) is 12.2. The van der Waals surface area contributed by atoms with E-state index in [1.165, 1.54) is 44.9 Å². The first-order chi connectivity index (χ1) is 7.52. The van der Waals surface area contributed by atoms with E-state index in [9.17, 15) is 0 Å². The molecular weight excluding hydrogens is 194 g/mol. The van der Waals surface area contributed by atoms with E-state index in [0.717, 1.165) is 6.54 Å². The second-order valence-corrected chi connectivity index (χ2v) is 6.08. The second kappa shape index (κ2) is 9.04. The van der Waals surface area contributed by atoms with Crippen molar-refractivity contribution in [3.8, 4) is 0 Å². The van der Waals surface area contributed by atoms with Gasteiger partial charge in [-0.2, -0.15) is 0 Å². The molecule has 0 aromatic rings. The van der Waals surface area contributed by atoms with E-state index in [2.05, 4.69) is 39.9 Å². The topological polar surface area (TPSA) is 12.0 Å². The highest BCUT2D eigenvalue weighted by atomic mass is 14.9. The fourth-order valence-corrected chi connectivity index (χ4v) is 2.11. The SMILES string of the molecule is CCCCCCCC(NCCC)C(C)(C)C. The molecular formula is C15H33N. The smallest absolute Gasteiger partial charge is 0.0116 e. The molecule has 0 aliphatic rings. The van der Waals surface area contributed by atoms with Gasteiger partial charge in [0.1, 0.15) is 0 Å². The van der Waals surface area contributed by atoms with Crippen molar-refractivity contribution in [3.63, 3.8) is 0 Å². The Bertz CT molecular complexity index is 146. The molecule has 0 rings (SSSR count). The number of hydrogen-bond acceptors (Lipinski definition) is 1.